The molecule has 122 valence electrons. The van der Waals surface area contributed by atoms with Crippen LogP contribution < -0.4 is 5.63 Å². The third kappa shape index (κ3) is 3.49. The van der Waals surface area contributed by atoms with Crippen molar-refractivity contribution in [3.05, 3.63) is 94.8 Å². The van der Waals surface area contributed by atoms with Crippen LogP contribution in [0.1, 0.15) is 5.56 Å². The SMILES string of the molecule is O=c1oc(SCc2ccc(-c3ccccc3)cc2)nc2ccccc12. The van der Waals surface area contributed by atoms with E-state index in [4.69, 9.17) is 4.42 Å². The summed E-state index contributed by atoms with van der Waals surface area (Å²) in [6.45, 7) is 0. The number of hydrogen-bond donors (Lipinski definition) is 0. The van der Waals surface area contributed by atoms with Crippen LogP contribution in [0.4, 0.5) is 0 Å². The Hall–Kier alpha value is -2.85. The molecule has 4 rings (SSSR count). The Kier molecular flexibility index (Phi) is 4.36. The highest BCUT2D eigenvalue weighted by molar-refractivity contribution is 7.98. The minimum absolute atomic E-state index is 0.340. The first-order chi connectivity index (χ1) is 12.3. The molecule has 0 aliphatic carbocycles. The van der Waals surface area contributed by atoms with Gasteiger partial charge >= 0.3 is 5.63 Å². The highest BCUT2D eigenvalue weighted by Gasteiger charge is 2.07. The maximum absolute atomic E-state index is 12.0. The minimum Gasteiger partial charge on any atom is -0.397 e. The van der Waals surface area contributed by atoms with E-state index in [0.29, 0.717) is 21.9 Å². The normalized spacial score (nSPS) is 10.9. The molecule has 3 aromatic carbocycles. The molecule has 0 saturated carbocycles. The molecule has 0 unspecified atom stereocenters. The van der Waals surface area contributed by atoms with Gasteiger partial charge in [0.1, 0.15) is 0 Å². The topological polar surface area (TPSA) is 43.1 Å². The smallest absolute Gasteiger partial charge is 0.347 e. The van der Waals surface area contributed by atoms with Gasteiger partial charge < -0.3 is 4.42 Å². The van der Waals surface area contributed by atoms with Gasteiger partial charge in [0.15, 0.2) is 0 Å². The third-order valence-corrected chi connectivity index (χ3v) is 4.84. The summed E-state index contributed by atoms with van der Waals surface area (Å²) in [5.74, 6) is 0.698. The summed E-state index contributed by atoms with van der Waals surface area (Å²) in [6.07, 6.45) is 0. The predicted molar refractivity (Wildman–Crippen MR) is 102 cm³/mol. The van der Waals surface area contributed by atoms with Gasteiger partial charge in [0.05, 0.1) is 10.9 Å². The summed E-state index contributed by atoms with van der Waals surface area (Å²) in [4.78, 5) is 16.4. The number of fused-ring (bicyclic) bond motifs is 1. The van der Waals surface area contributed by atoms with Crippen molar-refractivity contribution in [3.8, 4) is 11.1 Å². The van der Waals surface area contributed by atoms with Crippen molar-refractivity contribution < 1.29 is 4.42 Å². The van der Waals surface area contributed by atoms with Gasteiger partial charge in [-0.2, -0.15) is 0 Å². The Labute approximate surface area is 149 Å². The molecule has 0 bridgehead atoms. The highest BCUT2D eigenvalue weighted by Crippen LogP contribution is 2.24. The van der Waals surface area contributed by atoms with Crippen molar-refractivity contribution in [2.45, 2.75) is 11.0 Å². The molecule has 0 N–H and O–H groups in total. The molecule has 3 nitrogen and oxygen atoms in total. The molecule has 1 heterocycles. The molecule has 4 heteroatoms. The van der Waals surface area contributed by atoms with Crippen LogP contribution in [0, 0.1) is 0 Å². The summed E-state index contributed by atoms with van der Waals surface area (Å²) < 4.78 is 5.30. The summed E-state index contributed by atoms with van der Waals surface area (Å²) in [6, 6.07) is 25.9. The largest absolute Gasteiger partial charge is 0.397 e. The maximum Gasteiger partial charge on any atom is 0.347 e. The first kappa shape index (κ1) is 15.7. The van der Waals surface area contributed by atoms with Gasteiger partial charge in [-0.3, -0.25) is 0 Å². The predicted octanol–water partition coefficient (Wildman–Crippen LogP) is 5.15. The van der Waals surface area contributed by atoms with Crippen LogP contribution in [-0.4, -0.2) is 4.98 Å². The third-order valence-electron chi connectivity index (χ3n) is 3.94. The Balaban J connectivity index is 1.51. The molecule has 0 aliphatic rings. The fraction of sp³-hybridized carbons (Fsp3) is 0.0476. The highest BCUT2D eigenvalue weighted by atomic mass is 32.2. The van der Waals surface area contributed by atoms with Crippen LogP contribution in [-0.2, 0) is 5.75 Å². The second-order valence-corrected chi connectivity index (χ2v) is 6.56. The lowest BCUT2D eigenvalue weighted by Gasteiger charge is -2.04. The number of benzene rings is 3. The summed E-state index contributed by atoms with van der Waals surface area (Å²) in [7, 11) is 0. The lowest BCUT2D eigenvalue weighted by atomic mass is 10.0. The number of rotatable bonds is 4. The van der Waals surface area contributed by atoms with Crippen LogP contribution in [0.15, 0.2) is 93.3 Å². The Morgan fingerprint density at radius 2 is 1.48 bits per heavy atom. The van der Waals surface area contributed by atoms with Gasteiger partial charge in [0.25, 0.3) is 5.22 Å². The van der Waals surface area contributed by atoms with Crippen molar-refractivity contribution in [1.29, 1.82) is 0 Å². The fourth-order valence-corrected chi connectivity index (χ4v) is 3.41. The van der Waals surface area contributed by atoms with E-state index in [-0.39, 0.29) is 5.63 Å². The van der Waals surface area contributed by atoms with Crippen molar-refractivity contribution in [2.75, 3.05) is 0 Å². The van der Waals surface area contributed by atoms with Crippen LogP contribution in [0.2, 0.25) is 0 Å². The monoisotopic (exact) mass is 345 g/mol. The average molecular weight is 345 g/mol. The molecule has 0 spiro atoms. The number of thioether (sulfide) groups is 1. The molecule has 0 saturated heterocycles. The average Bonchev–Trinajstić information content (AvgIpc) is 2.68. The maximum atomic E-state index is 12.0. The zero-order valence-electron chi connectivity index (χ0n) is 13.4. The second kappa shape index (κ2) is 6.95. The standard InChI is InChI=1S/C21H15NO2S/c23-20-18-8-4-5-9-19(18)22-21(24-20)25-14-15-10-12-17(13-11-15)16-6-2-1-3-7-16/h1-13H,14H2. The van der Waals surface area contributed by atoms with E-state index in [2.05, 4.69) is 41.4 Å². The summed E-state index contributed by atoms with van der Waals surface area (Å²) in [5, 5.41) is 0.912. The van der Waals surface area contributed by atoms with Crippen molar-refractivity contribution >= 4 is 22.7 Å². The lowest BCUT2D eigenvalue weighted by molar-refractivity contribution is 0.401. The first-order valence-electron chi connectivity index (χ1n) is 7.97. The van der Waals surface area contributed by atoms with Gasteiger partial charge in [-0.1, -0.05) is 78.5 Å². The van der Waals surface area contributed by atoms with Crippen LogP contribution in [0.25, 0.3) is 22.0 Å². The molecular formula is C21H15NO2S. The molecule has 4 aromatic rings. The number of hydrogen-bond acceptors (Lipinski definition) is 4. The Morgan fingerprint density at radius 1 is 0.800 bits per heavy atom. The van der Waals surface area contributed by atoms with E-state index in [0.717, 1.165) is 5.56 Å². The van der Waals surface area contributed by atoms with Gasteiger partial charge in [0, 0.05) is 5.75 Å². The summed E-state index contributed by atoms with van der Waals surface area (Å²) >= 11 is 1.43. The molecular weight excluding hydrogens is 330 g/mol. The minimum atomic E-state index is -0.340. The van der Waals surface area contributed by atoms with E-state index in [9.17, 15) is 4.79 Å². The lowest BCUT2D eigenvalue weighted by Crippen LogP contribution is -2.02. The van der Waals surface area contributed by atoms with Gasteiger partial charge in [0.2, 0.25) is 0 Å². The zero-order chi connectivity index (χ0) is 17.1. The first-order valence-corrected chi connectivity index (χ1v) is 8.95. The van der Waals surface area contributed by atoms with Crippen LogP contribution in [0.5, 0.6) is 0 Å². The van der Waals surface area contributed by atoms with E-state index in [1.54, 1.807) is 6.07 Å². The molecule has 1 aromatic heterocycles. The van der Waals surface area contributed by atoms with Crippen molar-refractivity contribution in [3.63, 3.8) is 0 Å². The van der Waals surface area contributed by atoms with Crippen molar-refractivity contribution in [2.24, 2.45) is 0 Å². The van der Waals surface area contributed by atoms with E-state index in [1.165, 1.54) is 22.9 Å². The van der Waals surface area contributed by atoms with Crippen LogP contribution >= 0.6 is 11.8 Å². The molecule has 0 radical (unpaired) electrons. The number of para-hydroxylation sites is 1. The second-order valence-electron chi connectivity index (χ2n) is 5.64. The fourth-order valence-electron chi connectivity index (χ4n) is 2.63. The Morgan fingerprint density at radius 3 is 2.28 bits per heavy atom. The molecule has 0 amide bonds. The van der Waals surface area contributed by atoms with Gasteiger partial charge in [-0.05, 0) is 28.8 Å². The van der Waals surface area contributed by atoms with E-state index in [1.807, 2.05) is 36.4 Å². The van der Waals surface area contributed by atoms with Crippen LogP contribution in [0.3, 0.4) is 0 Å². The quantitative estimate of drug-likeness (QED) is 0.480. The zero-order valence-corrected chi connectivity index (χ0v) is 14.2. The van der Waals surface area contributed by atoms with Gasteiger partial charge in [-0.25, -0.2) is 9.78 Å². The van der Waals surface area contributed by atoms with Gasteiger partial charge in [-0.15, -0.1) is 0 Å². The Bertz CT molecular complexity index is 1060. The van der Waals surface area contributed by atoms with E-state index < -0.39 is 0 Å². The molecule has 25 heavy (non-hydrogen) atoms. The molecule has 0 atom stereocenters. The molecule has 0 aliphatic heterocycles. The number of aromatic nitrogens is 1. The summed E-state index contributed by atoms with van der Waals surface area (Å²) in [5.41, 5.74) is 3.86. The molecule has 0 fully saturated rings. The number of nitrogens with zero attached hydrogens (tertiary/aromatic N) is 1. The van der Waals surface area contributed by atoms with Crippen molar-refractivity contribution in [1.82, 2.24) is 4.98 Å². The van der Waals surface area contributed by atoms with E-state index >= 15 is 0 Å².